The summed E-state index contributed by atoms with van der Waals surface area (Å²) in [6.45, 7) is 2.30. The SMILES string of the molecule is C#CCN(C(=O)c1cccc(S(=O)(=O)N(CC)c2ccccc2)c1)C1CCCCC1. The molecule has 5 nitrogen and oxygen atoms in total. The highest BCUT2D eigenvalue weighted by Crippen LogP contribution is 2.26. The van der Waals surface area contributed by atoms with Gasteiger partial charge < -0.3 is 4.90 Å². The van der Waals surface area contributed by atoms with Crippen LogP contribution in [-0.4, -0.2) is 38.4 Å². The zero-order valence-electron chi connectivity index (χ0n) is 17.3. The fraction of sp³-hybridized carbons (Fsp3) is 0.375. The molecule has 0 bridgehead atoms. The summed E-state index contributed by atoms with van der Waals surface area (Å²) >= 11 is 0. The topological polar surface area (TPSA) is 57.7 Å². The lowest BCUT2D eigenvalue weighted by molar-refractivity contribution is 0.0667. The molecule has 0 unspecified atom stereocenters. The van der Waals surface area contributed by atoms with Gasteiger partial charge in [-0.3, -0.25) is 9.10 Å². The van der Waals surface area contributed by atoms with Gasteiger partial charge in [-0.25, -0.2) is 8.42 Å². The third-order valence-electron chi connectivity index (χ3n) is 5.54. The van der Waals surface area contributed by atoms with Gasteiger partial charge in [-0.2, -0.15) is 0 Å². The fourth-order valence-electron chi connectivity index (χ4n) is 4.03. The second-order valence-corrected chi connectivity index (χ2v) is 9.32. The van der Waals surface area contributed by atoms with Crippen LogP contribution in [0.15, 0.2) is 59.5 Å². The van der Waals surface area contributed by atoms with Crippen molar-refractivity contribution < 1.29 is 13.2 Å². The maximum Gasteiger partial charge on any atom is 0.264 e. The maximum absolute atomic E-state index is 13.3. The minimum atomic E-state index is -3.80. The largest absolute Gasteiger partial charge is 0.325 e. The molecular formula is C24H28N2O3S. The van der Waals surface area contributed by atoms with E-state index < -0.39 is 10.0 Å². The van der Waals surface area contributed by atoms with E-state index in [1.54, 1.807) is 48.2 Å². The van der Waals surface area contributed by atoms with Gasteiger partial charge in [0.1, 0.15) is 0 Å². The summed E-state index contributed by atoms with van der Waals surface area (Å²) in [6.07, 6.45) is 10.7. The number of hydrogen-bond acceptors (Lipinski definition) is 3. The second kappa shape index (κ2) is 9.82. The Labute approximate surface area is 179 Å². The van der Waals surface area contributed by atoms with Crippen molar-refractivity contribution >= 4 is 21.6 Å². The molecular weight excluding hydrogens is 396 g/mol. The lowest BCUT2D eigenvalue weighted by Crippen LogP contribution is -2.41. The highest BCUT2D eigenvalue weighted by atomic mass is 32.2. The molecule has 0 atom stereocenters. The maximum atomic E-state index is 13.3. The molecule has 0 saturated heterocycles. The summed E-state index contributed by atoms with van der Waals surface area (Å²) in [5, 5.41) is 0. The number of hydrogen-bond donors (Lipinski definition) is 0. The minimum Gasteiger partial charge on any atom is -0.325 e. The van der Waals surface area contributed by atoms with Gasteiger partial charge in [0.15, 0.2) is 0 Å². The molecule has 30 heavy (non-hydrogen) atoms. The zero-order chi connectivity index (χ0) is 21.6. The lowest BCUT2D eigenvalue weighted by Gasteiger charge is -2.33. The Bertz CT molecular complexity index is 1010. The van der Waals surface area contributed by atoms with Crippen molar-refractivity contribution in [2.75, 3.05) is 17.4 Å². The summed E-state index contributed by atoms with van der Waals surface area (Å²) in [4.78, 5) is 15.1. The van der Waals surface area contributed by atoms with Crippen molar-refractivity contribution in [2.45, 2.75) is 50.0 Å². The van der Waals surface area contributed by atoms with E-state index in [9.17, 15) is 13.2 Å². The molecule has 0 heterocycles. The third kappa shape index (κ3) is 4.68. The average molecular weight is 425 g/mol. The molecule has 1 fully saturated rings. The van der Waals surface area contributed by atoms with Gasteiger partial charge in [0.2, 0.25) is 0 Å². The number of carbonyl (C=O) groups excluding carboxylic acids is 1. The Kier molecular flexibility index (Phi) is 7.17. The third-order valence-corrected chi connectivity index (χ3v) is 7.44. The number of amides is 1. The second-order valence-electron chi connectivity index (χ2n) is 7.46. The minimum absolute atomic E-state index is 0.100. The van der Waals surface area contributed by atoms with Gasteiger partial charge in [0.25, 0.3) is 15.9 Å². The fourth-order valence-corrected chi connectivity index (χ4v) is 5.55. The van der Waals surface area contributed by atoms with Gasteiger partial charge in [-0.15, -0.1) is 6.42 Å². The molecule has 1 aliphatic rings. The summed E-state index contributed by atoms with van der Waals surface area (Å²) < 4.78 is 28.0. The number of para-hydroxylation sites is 1. The monoisotopic (exact) mass is 424 g/mol. The number of anilines is 1. The Hall–Kier alpha value is -2.78. The smallest absolute Gasteiger partial charge is 0.264 e. The number of benzene rings is 2. The molecule has 1 saturated carbocycles. The number of sulfonamides is 1. The molecule has 2 aromatic carbocycles. The Morgan fingerprint density at radius 3 is 2.40 bits per heavy atom. The highest BCUT2D eigenvalue weighted by Gasteiger charge is 2.28. The van der Waals surface area contributed by atoms with Crippen molar-refractivity contribution in [2.24, 2.45) is 0 Å². The molecule has 2 aromatic rings. The van der Waals surface area contributed by atoms with Crippen molar-refractivity contribution in [3.63, 3.8) is 0 Å². The van der Waals surface area contributed by atoms with Crippen LogP contribution in [0.4, 0.5) is 5.69 Å². The standard InChI is InChI=1S/C24H28N2O3S/c1-3-18-25(21-13-7-5-8-14-21)24(27)20-12-11-17-23(19-20)30(28,29)26(4-2)22-15-9-6-10-16-22/h1,6,9-12,15-17,19,21H,4-5,7-8,13-14,18H2,2H3. The van der Waals surface area contributed by atoms with E-state index in [1.165, 1.54) is 22.9 Å². The predicted molar refractivity (Wildman–Crippen MR) is 120 cm³/mol. The zero-order valence-corrected chi connectivity index (χ0v) is 18.1. The van der Waals surface area contributed by atoms with Gasteiger partial charge in [0.05, 0.1) is 17.1 Å². The van der Waals surface area contributed by atoms with Crippen LogP contribution in [0.3, 0.4) is 0 Å². The van der Waals surface area contributed by atoms with Crippen LogP contribution < -0.4 is 4.31 Å². The first-order chi connectivity index (χ1) is 14.5. The first kappa shape index (κ1) is 21.9. The lowest BCUT2D eigenvalue weighted by atomic mass is 9.93. The molecule has 0 spiro atoms. The molecule has 0 aliphatic heterocycles. The number of carbonyl (C=O) groups is 1. The molecule has 3 rings (SSSR count). The van der Waals surface area contributed by atoms with Gasteiger partial charge in [0, 0.05) is 18.2 Å². The summed E-state index contributed by atoms with van der Waals surface area (Å²) in [5.74, 6) is 2.38. The van der Waals surface area contributed by atoms with Crippen molar-refractivity contribution in [1.29, 1.82) is 0 Å². The predicted octanol–water partition coefficient (Wildman–Crippen LogP) is 4.31. The van der Waals surface area contributed by atoms with Crippen LogP contribution >= 0.6 is 0 Å². The van der Waals surface area contributed by atoms with Crippen LogP contribution in [0.5, 0.6) is 0 Å². The van der Waals surface area contributed by atoms with E-state index in [0.717, 1.165) is 25.7 Å². The van der Waals surface area contributed by atoms with Crippen molar-refractivity contribution in [3.05, 3.63) is 60.2 Å². The van der Waals surface area contributed by atoms with Gasteiger partial charge in [-0.1, -0.05) is 49.4 Å². The van der Waals surface area contributed by atoms with Crippen LogP contribution in [0.25, 0.3) is 0 Å². The number of terminal acetylenes is 1. The molecule has 6 heteroatoms. The van der Waals surface area contributed by atoms with E-state index in [-0.39, 0.29) is 29.9 Å². The average Bonchev–Trinajstić information content (AvgIpc) is 2.79. The van der Waals surface area contributed by atoms with Crippen LogP contribution in [0.2, 0.25) is 0 Å². The molecule has 158 valence electrons. The Balaban J connectivity index is 1.92. The van der Waals surface area contributed by atoms with E-state index in [1.807, 2.05) is 6.07 Å². The van der Waals surface area contributed by atoms with Gasteiger partial charge >= 0.3 is 0 Å². The van der Waals surface area contributed by atoms with E-state index in [2.05, 4.69) is 5.92 Å². The highest BCUT2D eigenvalue weighted by molar-refractivity contribution is 7.92. The van der Waals surface area contributed by atoms with Crippen molar-refractivity contribution in [1.82, 2.24) is 4.90 Å². The van der Waals surface area contributed by atoms with Crippen LogP contribution in [0.1, 0.15) is 49.4 Å². The summed E-state index contributed by atoms with van der Waals surface area (Å²) in [7, 11) is -3.80. The van der Waals surface area contributed by atoms with E-state index in [0.29, 0.717) is 11.3 Å². The van der Waals surface area contributed by atoms with E-state index in [4.69, 9.17) is 6.42 Å². The number of rotatable bonds is 7. The molecule has 1 amide bonds. The summed E-state index contributed by atoms with van der Waals surface area (Å²) in [5.41, 5.74) is 0.939. The molecule has 0 radical (unpaired) electrons. The normalized spacial score (nSPS) is 14.7. The van der Waals surface area contributed by atoms with Crippen molar-refractivity contribution in [3.8, 4) is 12.3 Å². The molecule has 0 aromatic heterocycles. The van der Waals surface area contributed by atoms with E-state index >= 15 is 0 Å². The first-order valence-corrected chi connectivity index (χ1v) is 11.8. The molecule has 0 N–H and O–H groups in total. The van der Waals surface area contributed by atoms with Crippen LogP contribution in [0, 0.1) is 12.3 Å². The van der Waals surface area contributed by atoms with Crippen LogP contribution in [-0.2, 0) is 10.0 Å². The Morgan fingerprint density at radius 2 is 1.77 bits per heavy atom. The molecule has 1 aliphatic carbocycles. The Morgan fingerprint density at radius 1 is 1.07 bits per heavy atom. The van der Waals surface area contributed by atoms with Gasteiger partial charge in [-0.05, 0) is 50.1 Å². The summed E-state index contributed by atoms with van der Waals surface area (Å²) in [6, 6.07) is 15.3. The quantitative estimate of drug-likeness (QED) is 0.623. The first-order valence-electron chi connectivity index (χ1n) is 10.4. The number of nitrogens with zero attached hydrogens (tertiary/aromatic N) is 2.